The molecule has 0 atom stereocenters. The molecule has 0 N–H and O–H groups in total. The SMILES string of the molecule is COc1cc2sc([B]N3CCOCC3)c(C)c2cc1OC. The Labute approximate surface area is 129 Å². The molecular weight excluding hydrogens is 285 g/mol. The molecule has 3 rings (SSSR count). The number of nitrogens with zero attached hydrogens (tertiary/aromatic N) is 1. The fraction of sp³-hybridized carbons (Fsp3) is 0.467. The number of hydrogen-bond donors (Lipinski definition) is 0. The van der Waals surface area contributed by atoms with Crippen molar-refractivity contribution in [2.75, 3.05) is 40.5 Å². The van der Waals surface area contributed by atoms with Gasteiger partial charge in [0.15, 0.2) is 11.5 Å². The number of morpholine rings is 1. The molecule has 1 aliphatic rings. The van der Waals surface area contributed by atoms with E-state index in [2.05, 4.69) is 31.3 Å². The summed E-state index contributed by atoms with van der Waals surface area (Å²) in [5.41, 5.74) is 1.29. The van der Waals surface area contributed by atoms with Crippen LogP contribution in [-0.2, 0) is 4.74 Å². The van der Waals surface area contributed by atoms with Crippen molar-refractivity contribution in [2.24, 2.45) is 0 Å². The van der Waals surface area contributed by atoms with E-state index in [9.17, 15) is 0 Å². The van der Waals surface area contributed by atoms with Crippen molar-refractivity contribution < 1.29 is 14.2 Å². The zero-order valence-electron chi connectivity index (χ0n) is 12.6. The average molecular weight is 304 g/mol. The summed E-state index contributed by atoms with van der Waals surface area (Å²) < 4.78 is 18.7. The van der Waals surface area contributed by atoms with E-state index in [0.717, 1.165) is 37.8 Å². The van der Waals surface area contributed by atoms with Crippen molar-refractivity contribution in [3.05, 3.63) is 17.7 Å². The maximum atomic E-state index is 5.40. The summed E-state index contributed by atoms with van der Waals surface area (Å²) in [6.07, 6.45) is 0. The smallest absolute Gasteiger partial charge is 0.261 e. The third kappa shape index (κ3) is 2.88. The minimum Gasteiger partial charge on any atom is -0.493 e. The summed E-state index contributed by atoms with van der Waals surface area (Å²) in [5, 5.41) is 1.23. The van der Waals surface area contributed by atoms with Gasteiger partial charge in [-0.05, 0) is 28.7 Å². The minimum absolute atomic E-state index is 0.781. The highest BCUT2D eigenvalue weighted by Crippen LogP contribution is 2.35. The van der Waals surface area contributed by atoms with Crippen LogP contribution in [0.1, 0.15) is 5.56 Å². The zero-order chi connectivity index (χ0) is 14.8. The number of hydrogen-bond acceptors (Lipinski definition) is 5. The highest BCUT2D eigenvalue weighted by molar-refractivity contribution is 7.27. The molecule has 0 bridgehead atoms. The first-order valence-electron chi connectivity index (χ1n) is 7.04. The number of aryl methyl sites for hydroxylation is 1. The van der Waals surface area contributed by atoms with Gasteiger partial charge >= 0.3 is 0 Å². The lowest BCUT2D eigenvalue weighted by Crippen LogP contribution is -2.43. The van der Waals surface area contributed by atoms with Crippen LogP contribution in [0.2, 0.25) is 0 Å². The molecule has 1 aromatic carbocycles. The Balaban J connectivity index is 1.94. The third-order valence-corrected chi connectivity index (χ3v) is 5.01. The lowest BCUT2D eigenvalue weighted by atomic mass is 9.85. The lowest BCUT2D eigenvalue weighted by molar-refractivity contribution is 0.0730. The molecule has 6 heteroatoms. The Morgan fingerprint density at radius 2 is 1.81 bits per heavy atom. The topological polar surface area (TPSA) is 30.9 Å². The van der Waals surface area contributed by atoms with Crippen molar-refractivity contribution in [2.45, 2.75) is 6.92 Å². The Morgan fingerprint density at radius 1 is 1.14 bits per heavy atom. The van der Waals surface area contributed by atoms with Crippen LogP contribution in [0.15, 0.2) is 12.1 Å². The largest absolute Gasteiger partial charge is 0.493 e. The fourth-order valence-corrected chi connectivity index (χ4v) is 3.75. The molecule has 0 unspecified atom stereocenters. The van der Waals surface area contributed by atoms with Gasteiger partial charge in [0.05, 0.1) is 27.4 Å². The van der Waals surface area contributed by atoms with Crippen molar-refractivity contribution in [3.8, 4) is 11.5 Å². The van der Waals surface area contributed by atoms with Gasteiger partial charge in [0.1, 0.15) is 0 Å². The van der Waals surface area contributed by atoms with E-state index in [1.165, 1.54) is 20.4 Å². The van der Waals surface area contributed by atoms with Crippen LogP contribution in [0.25, 0.3) is 10.1 Å². The molecule has 1 aromatic heterocycles. The number of fused-ring (bicyclic) bond motifs is 1. The van der Waals surface area contributed by atoms with E-state index < -0.39 is 0 Å². The number of methoxy groups -OCH3 is 2. The van der Waals surface area contributed by atoms with E-state index >= 15 is 0 Å². The van der Waals surface area contributed by atoms with Crippen molar-refractivity contribution in [3.63, 3.8) is 0 Å². The second-order valence-electron chi connectivity index (χ2n) is 5.07. The van der Waals surface area contributed by atoms with Crippen LogP contribution in [0.3, 0.4) is 0 Å². The number of thiophene rings is 1. The van der Waals surface area contributed by atoms with Crippen molar-refractivity contribution in [1.29, 1.82) is 0 Å². The molecular formula is C15H19BNO3S. The predicted octanol–water partition coefficient (Wildman–Crippen LogP) is 1.80. The Hall–Kier alpha value is -1.24. The van der Waals surface area contributed by atoms with Crippen LogP contribution in [0.4, 0.5) is 0 Å². The first-order chi connectivity index (χ1) is 10.2. The van der Waals surface area contributed by atoms with E-state index in [-0.39, 0.29) is 0 Å². The Bertz CT molecular complexity index is 637. The predicted molar refractivity (Wildman–Crippen MR) is 87.4 cm³/mol. The van der Waals surface area contributed by atoms with Gasteiger partial charge in [-0.15, -0.1) is 11.3 Å². The molecule has 1 saturated heterocycles. The molecule has 0 saturated carbocycles. The quantitative estimate of drug-likeness (QED) is 0.806. The lowest BCUT2D eigenvalue weighted by Gasteiger charge is -2.25. The summed E-state index contributed by atoms with van der Waals surface area (Å²) in [4.78, 5) is 2.33. The molecule has 2 heterocycles. The molecule has 2 aromatic rings. The number of rotatable bonds is 4. The van der Waals surface area contributed by atoms with Crippen LogP contribution in [-0.4, -0.2) is 52.7 Å². The number of ether oxygens (including phenoxy) is 3. The summed E-state index contributed by atoms with van der Waals surface area (Å²) in [6.45, 7) is 5.70. The second kappa shape index (κ2) is 6.26. The van der Waals surface area contributed by atoms with E-state index in [0.29, 0.717) is 0 Å². The third-order valence-electron chi connectivity index (χ3n) is 3.82. The molecule has 4 nitrogen and oxygen atoms in total. The molecule has 1 aliphatic heterocycles. The van der Waals surface area contributed by atoms with E-state index in [1.54, 1.807) is 25.6 Å². The normalized spacial score (nSPS) is 16.1. The van der Waals surface area contributed by atoms with Gasteiger partial charge in [-0.25, -0.2) is 0 Å². The minimum atomic E-state index is 0.781. The first-order valence-corrected chi connectivity index (χ1v) is 7.86. The summed E-state index contributed by atoms with van der Waals surface area (Å²) in [5.74, 6) is 1.56. The Morgan fingerprint density at radius 3 is 2.48 bits per heavy atom. The maximum Gasteiger partial charge on any atom is 0.261 e. The van der Waals surface area contributed by atoms with Gasteiger partial charge in [-0.2, -0.15) is 0 Å². The van der Waals surface area contributed by atoms with Crippen LogP contribution < -0.4 is 14.3 Å². The first kappa shape index (κ1) is 14.7. The molecule has 0 amide bonds. The van der Waals surface area contributed by atoms with Crippen molar-refractivity contribution >= 4 is 33.6 Å². The molecule has 1 radical (unpaired) electrons. The molecule has 21 heavy (non-hydrogen) atoms. The van der Waals surface area contributed by atoms with Gasteiger partial charge in [-0.1, -0.05) is 0 Å². The van der Waals surface area contributed by atoms with Crippen molar-refractivity contribution in [1.82, 2.24) is 4.81 Å². The summed E-state index contributed by atoms with van der Waals surface area (Å²) in [6, 6.07) is 4.12. The van der Waals surface area contributed by atoms with Gasteiger partial charge in [-0.3, -0.25) is 0 Å². The fourth-order valence-electron chi connectivity index (χ4n) is 2.56. The van der Waals surface area contributed by atoms with Crippen LogP contribution >= 0.6 is 11.3 Å². The van der Waals surface area contributed by atoms with E-state index in [1.807, 2.05) is 0 Å². The maximum absolute atomic E-state index is 5.40. The summed E-state index contributed by atoms with van der Waals surface area (Å²) >= 11 is 1.79. The van der Waals surface area contributed by atoms with Gasteiger partial charge in [0.25, 0.3) is 7.41 Å². The van der Waals surface area contributed by atoms with Gasteiger partial charge < -0.3 is 19.0 Å². The van der Waals surface area contributed by atoms with Crippen LogP contribution in [0.5, 0.6) is 11.5 Å². The highest BCUT2D eigenvalue weighted by Gasteiger charge is 2.18. The summed E-state index contributed by atoms with van der Waals surface area (Å²) in [7, 11) is 5.60. The number of benzene rings is 1. The second-order valence-corrected chi connectivity index (χ2v) is 6.16. The zero-order valence-corrected chi connectivity index (χ0v) is 13.5. The standard InChI is InChI=1S/C15H19BNO3S/c1-10-11-8-12(18-2)13(19-3)9-14(11)21-15(10)16-17-4-6-20-7-5-17/h8-9H,4-7H2,1-3H3. The Kier molecular flexibility index (Phi) is 4.38. The average Bonchev–Trinajstić information content (AvgIpc) is 2.82. The van der Waals surface area contributed by atoms with Crippen LogP contribution in [0, 0.1) is 6.92 Å². The molecule has 0 aliphatic carbocycles. The van der Waals surface area contributed by atoms with E-state index in [4.69, 9.17) is 14.2 Å². The molecule has 0 spiro atoms. The van der Waals surface area contributed by atoms with Gasteiger partial charge in [0.2, 0.25) is 0 Å². The molecule has 1 fully saturated rings. The van der Waals surface area contributed by atoms with Gasteiger partial charge in [0, 0.05) is 23.9 Å². The highest BCUT2D eigenvalue weighted by atomic mass is 32.1. The molecule has 111 valence electrons. The monoisotopic (exact) mass is 304 g/mol.